The molecule has 17 heavy (non-hydrogen) atoms. The molecule has 1 aromatic carbocycles. The molecule has 1 heterocycles. The molecule has 0 unspecified atom stereocenters. The number of halogens is 1. The average molecular weight is 254 g/mol. The van der Waals surface area contributed by atoms with Crippen LogP contribution in [0.5, 0.6) is 0 Å². The van der Waals surface area contributed by atoms with Crippen molar-refractivity contribution < 1.29 is 9.53 Å². The second kappa shape index (κ2) is 5.07. The van der Waals surface area contributed by atoms with Crippen LogP contribution in [0, 0.1) is 5.92 Å². The summed E-state index contributed by atoms with van der Waals surface area (Å²) >= 11 is 5.87. The highest BCUT2D eigenvalue weighted by Crippen LogP contribution is 2.33. The van der Waals surface area contributed by atoms with Crippen LogP contribution >= 0.6 is 11.6 Å². The number of nitrogens with zero attached hydrogens (tertiary/aromatic N) is 1. The fourth-order valence-electron chi connectivity index (χ4n) is 2.44. The Kier molecular flexibility index (Phi) is 3.69. The van der Waals surface area contributed by atoms with E-state index in [1.165, 1.54) is 7.11 Å². The van der Waals surface area contributed by atoms with Crippen molar-refractivity contribution in [3.05, 3.63) is 34.9 Å². The molecule has 1 aliphatic rings. The van der Waals surface area contributed by atoms with Crippen LogP contribution in [-0.4, -0.2) is 38.1 Å². The van der Waals surface area contributed by atoms with Gasteiger partial charge < -0.3 is 9.64 Å². The van der Waals surface area contributed by atoms with Crippen LogP contribution < -0.4 is 0 Å². The molecule has 4 heteroatoms. The van der Waals surface area contributed by atoms with Gasteiger partial charge in [0.2, 0.25) is 0 Å². The van der Waals surface area contributed by atoms with E-state index in [1.54, 1.807) is 0 Å². The van der Waals surface area contributed by atoms with E-state index in [0.29, 0.717) is 0 Å². The topological polar surface area (TPSA) is 29.5 Å². The summed E-state index contributed by atoms with van der Waals surface area (Å²) in [5, 5.41) is 0.717. The van der Waals surface area contributed by atoms with Crippen molar-refractivity contribution >= 4 is 17.6 Å². The van der Waals surface area contributed by atoms with Crippen molar-refractivity contribution in [1.29, 1.82) is 0 Å². The third-order valence-corrected chi connectivity index (χ3v) is 3.56. The zero-order chi connectivity index (χ0) is 12.4. The first-order chi connectivity index (χ1) is 8.11. The van der Waals surface area contributed by atoms with Gasteiger partial charge in [-0.2, -0.15) is 0 Å². The molecule has 1 fully saturated rings. The number of benzene rings is 1. The highest BCUT2D eigenvalue weighted by Gasteiger charge is 2.37. The summed E-state index contributed by atoms with van der Waals surface area (Å²) in [6, 6.07) is 7.71. The molecule has 0 aromatic heterocycles. The number of esters is 1. The smallest absolute Gasteiger partial charge is 0.310 e. The first kappa shape index (κ1) is 12.4. The molecule has 1 aromatic rings. The Morgan fingerprint density at radius 3 is 2.59 bits per heavy atom. The SMILES string of the molecule is COC(=O)[C@@H]1CN(C)C[C@@H]1c1ccc(Cl)cc1. The standard InChI is InChI=1S/C13H16ClNO2/c1-15-7-11(12(8-15)13(16)17-2)9-3-5-10(14)6-4-9/h3-6,11-12H,7-8H2,1-2H3/t11-,12-/m1/s1. The Morgan fingerprint density at radius 1 is 1.35 bits per heavy atom. The minimum absolute atomic E-state index is 0.0776. The first-order valence-electron chi connectivity index (χ1n) is 5.63. The van der Waals surface area contributed by atoms with Crippen molar-refractivity contribution in [2.24, 2.45) is 5.92 Å². The first-order valence-corrected chi connectivity index (χ1v) is 6.01. The quantitative estimate of drug-likeness (QED) is 0.757. The van der Waals surface area contributed by atoms with Gasteiger partial charge in [0.25, 0.3) is 0 Å². The molecule has 3 nitrogen and oxygen atoms in total. The lowest BCUT2D eigenvalue weighted by molar-refractivity contribution is -0.145. The zero-order valence-corrected chi connectivity index (χ0v) is 10.8. The predicted molar refractivity (Wildman–Crippen MR) is 67.2 cm³/mol. The van der Waals surface area contributed by atoms with Gasteiger partial charge in [0.1, 0.15) is 0 Å². The molecule has 1 aliphatic heterocycles. The molecule has 0 spiro atoms. The number of methoxy groups -OCH3 is 1. The number of likely N-dealkylation sites (tertiary alicyclic amines) is 1. The third-order valence-electron chi connectivity index (χ3n) is 3.30. The van der Waals surface area contributed by atoms with Crippen molar-refractivity contribution in [3.63, 3.8) is 0 Å². The maximum atomic E-state index is 11.7. The number of hydrogen-bond acceptors (Lipinski definition) is 3. The van der Waals surface area contributed by atoms with Gasteiger partial charge in [0.05, 0.1) is 13.0 Å². The Labute approximate surface area is 106 Å². The summed E-state index contributed by atoms with van der Waals surface area (Å²) in [5.41, 5.74) is 1.15. The third kappa shape index (κ3) is 2.61. The van der Waals surface area contributed by atoms with Crippen LogP contribution in [0.4, 0.5) is 0 Å². The molecule has 0 N–H and O–H groups in total. The van der Waals surface area contributed by atoms with Gasteiger partial charge in [-0.1, -0.05) is 23.7 Å². The number of rotatable bonds is 2. The second-order valence-electron chi connectivity index (χ2n) is 4.51. The summed E-state index contributed by atoms with van der Waals surface area (Å²) in [4.78, 5) is 13.9. The Bertz CT molecular complexity index is 404. The van der Waals surface area contributed by atoms with E-state index in [9.17, 15) is 4.79 Å². The number of likely N-dealkylation sites (N-methyl/N-ethyl adjacent to an activating group) is 1. The van der Waals surface area contributed by atoms with E-state index in [2.05, 4.69) is 4.90 Å². The summed E-state index contributed by atoms with van der Waals surface area (Å²) < 4.78 is 4.87. The van der Waals surface area contributed by atoms with Gasteiger partial charge in [0.15, 0.2) is 0 Å². The summed E-state index contributed by atoms with van der Waals surface area (Å²) in [7, 11) is 3.46. The van der Waals surface area contributed by atoms with Crippen molar-refractivity contribution in [1.82, 2.24) is 4.90 Å². The molecule has 2 atom stereocenters. The molecule has 1 saturated heterocycles. The number of carbonyl (C=O) groups excluding carboxylic acids is 1. The van der Waals surface area contributed by atoms with Crippen molar-refractivity contribution in [3.8, 4) is 0 Å². The molecule has 0 radical (unpaired) electrons. The highest BCUT2D eigenvalue weighted by atomic mass is 35.5. The van der Waals surface area contributed by atoms with Crippen molar-refractivity contribution in [2.45, 2.75) is 5.92 Å². The molecule has 0 bridgehead atoms. The number of hydrogen-bond donors (Lipinski definition) is 0. The Hall–Kier alpha value is -1.06. The summed E-state index contributed by atoms with van der Waals surface area (Å²) in [6.07, 6.45) is 0. The normalized spacial score (nSPS) is 24.9. The highest BCUT2D eigenvalue weighted by molar-refractivity contribution is 6.30. The lowest BCUT2D eigenvalue weighted by Crippen LogP contribution is -2.23. The number of ether oxygens (including phenoxy) is 1. The van der Waals surface area contributed by atoms with Crippen LogP contribution in [0.3, 0.4) is 0 Å². The minimum atomic E-state index is -0.130. The number of carbonyl (C=O) groups is 1. The van der Waals surface area contributed by atoms with E-state index in [0.717, 1.165) is 23.7 Å². The molecular formula is C13H16ClNO2. The fourth-order valence-corrected chi connectivity index (χ4v) is 2.56. The monoisotopic (exact) mass is 253 g/mol. The molecule has 0 amide bonds. The Balaban J connectivity index is 2.23. The lowest BCUT2D eigenvalue weighted by Gasteiger charge is -2.16. The molecular weight excluding hydrogens is 238 g/mol. The minimum Gasteiger partial charge on any atom is -0.469 e. The van der Waals surface area contributed by atoms with Gasteiger partial charge in [0, 0.05) is 24.0 Å². The maximum Gasteiger partial charge on any atom is 0.310 e. The van der Waals surface area contributed by atoms with Crippen LogP contribution in [0.1, 0.15) is 11.5 Å². The van der Waals surface area contributed by atoms with Crippen LogP contribution in [0.25, 0.3) is 0 Å². The molecule has 92 valence electrons. The molecule has 2 rings (SSSR count). The van der Waals surface area contributed by atoms with E-state index in [1.807, 2.05) is 31.3 Å². The molecule has 0 aliphatic carbocycles. The zero-order valence-electron chi connectivity index (χ0n) is 10.0. The lowest BCUT2D eigenvalue weighted by atomic mass is 9.89. The van der Waals surface area contributed by atoms with Crippen molar-refractivity contribution in [2.75, 3.05) is 27.2 Å². The van der Waals surface area contributed by atoms with Crippen LogP contribution in [0.15, 0.2) is 24.3 Å². The van der Waals surface area contributed by atoms with Gasteiger partial charge in [-0.3, -0.25) is 4.79 Å². The van der Waals surface area contributed by atoms with E-state index >= 15 is 0 Å². The van der Waals surface area contributed by atoms with Crippen LogP contribution in [-0.2, 0) is 9.53 Å². The summed E-state index contributed by atoms with van der Waals surface area (Å²) in [6.45, 7) is 1.63. The van der Waals surface area contributed by atoms with Gasteiger partial charge >= 0.3 is 5.97 Å². The Morgan fingerprint density at radius 2 is 2.00 bits per heavy atom. The largest absolute Gasteiger partial charge is 0.469 e. The van der Waals surface area contributed by atoms with E-state index in [4.69, 9.17) is 16.3 Å². The molecule has 0 saturated carbocycles. The van der Waals surface area contributed by atoms with Gasteiger partial charge in [-0.15, -0.1) is 0 Å². The predicted octanol–water partition coefficient (Wildman–Crippen LogP) is 2.16. The summed E-state index contributed by atoms with van der Waals surface area (Å²) in [5.74, 6) is -0.00908. The van der Waals surface area contributed by atoms with Gasteiger partial charge in [-0.25, -0.2) is 0 Å². The van der Waals surface area contributed by atoms with E-state index < -0.39 is 0 Å². The second-order valence-corrected chi connectivity index (χ2v) is 4.95. The maximum absolute atomic E-state index is 11.7. The van der Waals surface area contributed by atoms with E-state index in [-0.39, 0.29) is 17.8 Å². The average Bonchev–Trinajstić information content (AvgIpc) is 2.71. The fraction of sp³-hybridized carbons (Fsp3) is 0.462. The van der Waals surface area contributed by atoms with Crippen LogP contribution in [0.2, 0.25) is 5.02 Å². The van der Waals surface area contributed by atoms with Gasteiger partial charge in [-0.05, 0) is 24.7 Å².